The van der Waals surface area contributed by atoms with Crippen molar-refractivity contribution >= 4 is 5.91 Å². The molecule has 0 spiro atoms. The molecule has 0 unspecified atom stereocenters. The van der Waals surface area contributed by atoms with Crippen molar-refractivity contribution in [1.29, 1.82) is 0 Å². The predicted molar refractivity (Wildman–Crippen MR) is 68.9 cm³/mol. The van der Waals surface area contributed by atoms with Crippen molar-refractivity contribution < 1.29 is 9.18 Å². The molecule has 1 aliphatic heterocycles. The van der Waals surface area contributed by atoms with Crippen LogP contribution in [-0.2, 0) is 4.79 Å². The molecular formula is C14H19FN2O. The highest BCUT2D eigenvalue weighted by Gasteiger charge is 2.31. The van der Waals surface area contributed by atoms with E-state index in [1.807, 2.05) is 37.3 Å². The summed E-state index contributed by atoms with van der Waals surface area (Å²) in [6.45, 7) is 2.60. The number of carbonyl (C=O) groups is 1. The maximum Gasteiger partial charge on any atom is 0.240 e. The van der Waals surface area contributed by atoms with Crippen LogP contribution in [0.3, 0.4) is 0 Å². The average molecular weight is 250 g/mol. The first-order valence-electron chi connectivity index (χ1n) is 6.33. The Balaban J connectivity index is 2.02. The van der Waals surface area contributed by atoms with Gasteiger partial charge in [0.25, 0.3) is 0 Å². The molecule has 1 aromatic carbocycles. The van der Waals surface area contributed by atoms with Crippen LogP contribution in [0.4, 0.5) is 4.39 Å². The average Bonchev–Trinajstić information content (AvgIpc) is 2.84. The monoisotopic (exact) mass is 250 g/mol. The number of carbonyl (C=O) groups excluding carboxylic acids is 1. The molecule has 1 amide bonds. The zero-order valence-electron chi connectivity index (χ0n) is 10.6. The predicted octanol–water partition coefficient (Wildman–Crippen LogP) is 1.69. The van der Waals surface area contributed by atoms with Gasteiger partial charge in [0.05, 0.1) is 12.6 Å². The summed E-state index contributed by atoms with van der Waals surface area (Å²) in [4.78, 5) is 13.7. The lowest BCUT2D eigenvalue weighted by Crippen LogP contribution is -2.45. The largest absolute Gasteiger partial charge is 0.338 e. The molecule has 0 aliphatic carbocycles. The van der Waals surface area contributed by atoms with Gasteiger partial charge in [-0.2, -0.15) is 0 Å². The second-order valence-electron chi connectivity index (χ2n) is 4.90. The minimum atomic E-state index is -0.895. The number of alkyl halides is 1. The van der Waals surface area contributed by atoms with Gasteiger partial charge in [-0.05, 0) is 12.0 Å². The maximum absolute atomic E-state index is 13.1. The number of halogens is 1. The zero-order valence-corrected chi connectivity index (χ0v) is 10.6. The van der Waals surface area contributed by atoms with Crippen molar-refractivity contribution in [1.82, 2.24) is 4.90 Å². The third-order valence-corrected chi connectivity index (χ3v) is 3.59. The number of amides is 1. The molecule has 18 heavy (non-hydrogen) atoms. The second kappa shape index (κ2) is 5.48. The summed E-state index contributed by atoms with van der Waals surface area (Å²) in [6.07, 6.45) is -0.466. The molecule has 2 N–H and O–H groups in total. The summed E-state index contributed by atoms with van der Waals surface area (Å²) in [5, 5.41) is 0. The summed E-state index contributed by atoms with van der Waals surface area (Å²) in [7, 11) is 0. The molecule has 3 atom stereocenters. The molecule has 3 nitrogen and oxygen atoms in total. The van der Waals surface area contributed by atoms with Crippen molar-refractivity contribution in [2.75, 3.05) is 13.1 Å². The Morgan fingerprint density at radius 2 is 2.11 bits per heavy atom. The van der Waals surface area contributed by atoms with Gasteiger partial charge in [0, 0.05) is 12.5 Å². The van der Waals surface area contributed by atoms with E-state index < -0.39 is 12.2 Å². The van der Waals surface area contributed by atoms with E-state index in [1.54, 1.807) is 0 Å². The Morgan fingerprint density at radius 3 is 2.67 bits per heavy atom. The Labute approximate surface area is 107 Å². The first-order valence-corrected chi connectivity index (χ1v) is 6.33. The molecular weight excluding hydrogens is 231 g/mol. The van der Waals surface area contributed by atoms with Crippen LogP contribution in [0.25, 0.3) is 0 Å². The molecule has 0 saturated carbocycles. The Hall–Kier alpha value is -1.42. The highest BCUT2D eigenvalue weighted by molar-refractivity contribution is 5.83. The van der Waals surface area contributed by atoms with Crippen molar-refractivity contribution in [2.45, 2.75) is 31.5 Å². The zero-order chi connectivity index (χ0) is 13.1. The van der Waals surface area contributed by atoms with Crippen molar-refractivity contribution in [3.63, 3.8) is 0 Å². The fourth-order valence-electron chi connectivity index (χ4n) is 2.31. The van der Waals surface area contributed by atoms with Crippen LogP contribution in [0, 0.1) is 0 Å². The quantitative estimate of drug-likeness (QED) is 0.887. The first kappa shape index (κ1) is 13.0. The topological polar surface area (TPSA) is 46.3 Å². The summed E-state index contributed by atoms with van der Waals surface area (Å²) < 4.78 is 13.1. The molecule has 2 rings (SSSR count). The van der Waals surface area contributed by atoms with Crippen LogP contribution in [-0.4, -0.2) is 36.1 Å². The molecule has 0 aromatic heterocycles. The second-order valence-corrected chi connectivity index (χ2v) is 4.90. The van der Waals surface area contributed by atoms with E-state index in [1.165, 1.54) is 4.90 Å². The highest BCUT2D eigenvalue weighted by atomic mass is 19.1. The van der Waals surface area contributed by atoms with Crippen molar-refractivity contribution in [3.05, 3.63) is 35.9 Å². The van der Waals surface area contributed by atoms with E-state index >= 15 is 0 Å². The summed E-state index contributed by atoms with van der Waals surface area (Å²) in [5.74, 6) is -0.205. The normalized spacial score (nSPS) is 22.8. The van der Waals surface area contributed by atoms with Crippen molar-refractivity contribution in [2.24, 2.45) is 5.73 Å². The molecule has 1 aromatic rings. The molecule has 1 saturated heterocycles. The molecule has 1 heterocycles. The van der Waals surface area contributed by atoms with E-state index in [4.69, 9.17) is 5.73 Å². The van der Waals surface area contributed by atoms with Gasteiger partial charge >= 0.3 is 0 Å². The highest BCUT2D eigenvalue weighted by Crippen LogP contribution is 2.21. The van der Waals surface area contributed by atoms with Gasteiger partial charge in [-0.25, -0.2) is 4.39 Å². The SMILES string of the molecule is C[C@@H](c1ccccc1)[C@H](N)C(=O)N1CC[C@H](F)C1. The Kier molecular flexibility index (Phi) is 3.97. The van der Waals surface area contributed by atoms with E-state index in [9.17, 15) is 9.18 Å². The number of hydrogen-bond donors (Lipinski definition) is 1. The summed E-state index contributed by atoms with van der Waals surface area (Å²) in [5.41, 5.74) is 7.04. The van der Waals surface area contributed by atoms with E-state index in [-0.39, 0.29) is 18.4 Å². The molecule has 4 heteroatoms. The lowest BCUT2D eigenvalue weighted by Gasteiger charge is -2.24. The molecule has 0 bridgehead atoms. The molecule has 1 fully saturated rings. The van der Waals surface area contributed by atoms with E-state index in [0.717, 1.165) is 5.56 Å². The number of nitrogens with zero attached hydrogens (tertiary/aromatic N) is 1. The molecule has 98 valence electrons. The van der Waals surface area contributed by atoms with Gasteiger partial charge in [-0.15, -0.1) is 0 Å². The molecule has 0 radical (unpaired) electrons. The summed E-state index contributed by atoms with van der Waals surface area (Å²) >= 11 is 0. The standard InChI is InChI=1S/C14H19FN2O/c1-10(11-5-3-2-4-6-11)13(16)14(18)17-8-7-12(15)9-17/h2-6,10,12-13H,7-9,16H2,1H3/t10-,12-,13-/m0/s1. The van der Waals surface area contributed by atoms with Gasteiger partial charge in [-0.1, -0.05) is 37.3 Å². The lowest BCUT2D eigenvalue weighted by molar-refractivity contribution is -0.132. The first-order chi connectivity index (χ1) is 8.59. The minimum absolute atomic E-state index is 0.0580. The van der Waals surface area contributed by atoms with Crippen molar-refractivity contribution in [3.8, 4) is 0 Å². The fraction of sp³-hybridized carbons (Fsp3) is 0.500. The van der Waals surface area contributed by atoms with Gasteiger partial charge in [0.1, 0.15) is 6.17 Å². The maximum atomic E-state index is 13.1. The number of nitrogens with two attached hydrogens (primary N) is 1. The van der Waals surface area contributed by atoms with Crippen LogP contribution in [0.1, 0.15) is 24.8 Å². The minimum Gasteiger partial charge on any atom is -0.338 e. The Morgan fingerprint density at radius 1 is 1.44 bits per heavy atom. The number of rotatable bonds is 3. The van der Waals surface area contributed by atoms with Crippen LogP contribution in [0.15, 0.2) is 30.3 Å². The third kappa shape index (κ3) is 2.70. The Bertz CT molecular complexity index is 410. The van der Waals surface area contributed by atoms with Gasteiger partial charge in [0.15, 0.2) is 0 Å². The third-order valence-electron chi connectivity index (χ3n) is 3.59. The van der Waals surface area contributed by atoms with Gasteiger partial charge in [-0.3, -0.25) is 4.79 Å². The van der Waals surface area contributed by atoms with Crippen LogP contribution in [0.2, 0.25) is 0 Å². The van der Waals surface area contributed by atoms with Crippen LogP contribution < -0.4 is 5.73 Å². The van der Waals surface area contributed by atoms with Crippen LogP contribution >= 0.6 is 0 Å². The molecule has 1 aliphatic rings. The number of likely N-dealkylation sites (tertiary alicyclic amines) is 1. The van der Waals surface area contributed by atoms with E-state index in [2.05, 4.69) is 0 Å². The lowest BCUT2D eigenvalue weighted by atomic mass is 9.93. The number of hydrogen-bond acceptors (Lipinski definition) is 2. The van der Waals surface area contributed by atoms with Crippen LogP contribution in [0.5, 0.6) is 0 Å². The smallest absolute Gasteiger partial charge is 0.240 e. The number of benzene rings is 1. The van der Waals surface area contributed by atoms with Gasteiger partial charge < -0.3 is 10.6 Å². The fourth-order valence-corrected chi connectivity index (χ4v) is 2.31. The van der Waals surface area contributed by atoms with Gasteiger partial charge in [0.2, 0.25) is 5.91 Å². The summed E-state index contributed by atoms with van der Waals surface area (Å²) in [6, 6.07) is 9.10. The van der Waals surface area contributed by atoms with E-state index in [0.29, 0.717) is 13.0 Å².